The lowest BCUT2D eigenvalue weighted by molar-refractivity contribution is 0.414. The van der Waals surface area contributed by atoms with Gasteiger partial charge in [0.2, 0.25) is 0 Å². The molecule has 3 heteroatoms. The number of aryl methyl sites for hydroxylation is 1. The molecule has 1 N–H and O–H groups in total. The number of nitrogens with one attached hydrogen (secondary N) is 1. The molecule has 2 aromatic carbocycles. The van der Waals surface area contributed by atoms with Crippen LogP contribution in [-0.4, -0.2) is 7.11 Å². The summed E-state index contributed by atoms with van der Waals surface area (Å²) in [5.41, 5.74) is 5.32. The molecule has 2 nitrogen and oxygen atoms in total. The predicted octanol–water partition coefficient (Wildman–Crippen LogP) is 3.62. The fourth-order valence-electron chi connectivity index (χ4n) is 2.52. The Morgan fingerprint density at radius 2 is 1.84 bits per heavy atom. The Hall–Kier alpha value is -1.51. The Morgan fingerprint density at radius 3 is 2.53 bits per heavy atom. The van der Waals surface area contributed by atoms with Gasteiger partial charge in [0.25, 0.3) is 0 Å². The number of methoxy groups -OCH3 is 1. The van der Waals surface area contributed by atoms with Gasteiger partial charge in [-0.15, -0.1) is 12.4 Å². The van der Waals surface area contributed by atoms with Crippen molar-refractivity contribution in [3.63, 3.8) is 0 Å². The van der Waals surface area contributed by atoms with E-state index in [1.807, 2.05) is 6.07 Å². The van der Waals surface area contributed by atoms with E-state index in [-0.39, 0.29) is 12.4 Å². The Kier molecular flexibility index (Phi) is 4.13. The summed E-state index contributed by atoms with van der Waals surface area (Å²) >= 11 is 0. The molecule has 1 aliphatic heterocycles. The molecule has 0 aromatic heterocycles. The minimum Gasteiger partial charge on any atom is -0.497 e. The number of hydrogen-bond donors (Lipinski definition) is 1. The molecule has 1 unspecified atom stereocenters. The molecule has 1 atom stereocenters. The van der Waals surface area contributed by atoms with Gasteiger partial charge in [0, 0.05) is 6.54 Å². The highest BCUT2D eigenvalue weighted by Crippen LogP contribution is 2.33. The predicted molar refractivity (Wildman–Crippen MR) is 80.1 cm³/mol. The molecule has 0 radical (unpaired) electrons. The van der Waals surface area contributed by atoms with Crippen LogP contribution in [0.25, 0.3) is 0 Å². The summed E-state index contributed by atoms with van der Waals surface area (Å²) in [6.45, 7) is 3.02. The first kappa shape index (κ1) is 13.9. The van der Waals surface area contributed by atoms with Gasteiger partial charge in [0.05, 0.1) is 13.2 Å². The first-order chi connectivity index (χ1) is 8.78. The van der Waals surface area contributed by atoms with Crippen LogP contribution in [0.3, 0.4) is 0 Å². The largest absolute Gasteiger partial charge is 0.497 e. The summed E-state index contributed by atoms with van der Waals surface area (Å²) in [5, 5.41) is 3.55. The van der Waals surface area contributed by atoms with E-state index in [1.165, 1.54) is 22.3 Å². The summed E-state index contributed by atoms with van der Waals surface area (Å²) in [6, 6.07) is 15.4. The lowest BCUT2D eigenvalue weighted by Crippen LogP contribution is -2.13. The Balaban J connectivity index is 0.00000133. The standard InChI is InChI=1S/C16H17NO.ClH/c1-11-3-5-12(6-4-11)16-15-8-7-14(18-2)9-13(15)10-17-16;/h3-9,16-17H,10H2,1-2H3;1H. The first-order valence-corrected chi connectivity index (χ1v) is 6.24. The minimum absolute atomic E-state index is 0. The van der Waals surface area contributed by atoms with E-state index in [9.17, 15) is 0 Å². The van der Waals surface area contributed by atoms with E-state index in [2.05, 4.69) is 48.6 Å². The van der Waals surface area contributed by atoms with E-state index in [1.54, 1.807) is 7.11 Å². The second kappa shape index (κ2) is 5.64. The Bertz CT molecular complexity index is 565. The second-order valence-corrected chi connectivity index (χ2v) is 4.79. The van der Waals surface area contributed by atoms with Crippen LogP contribution < -0.4 is 10.1 Å². The normalized spacial score (nSPS) is 16.6. The van der Waals surface area contributed by atoms with Crippen LogP contribution >= 0.6 is 12.4 Å². The summed E-state index contributed by atoms with van der Waals surface area (Å²) in [7, 11) is 1.71. The molecular weight excluding hydrogens is 258 g/mol. The van der Waals surface area contributed by atoms with Gasteiger partial charge in [0.15, 0.2) is 0 Å². The highest BCUT2D eigenvalue weighted by atomic mass is 35.5. The Morgan fingerprint density at radius 1 is 1.11 bits per heavy atom. The summed E-state index contributed by atoms with van der Waals surface area (Å²) in [6.07, 6.45) is 0. The quantitative estimate of drug-likeness (QED) is 0.904. The zero-order chi connectivity index (χ0) is 12.5. The molecule has 0 amide bonds. The van der Waals surface area contributed by atoms with Crippen molar-refractivity contribution in [1.82, 2.24) is 5.32 Å². The summed E-state index contributed by atoms with van der Waals surface area (Å²) in [5.74, 6) is 0.931. The van der Waals surface area contributed by atoms with E-state index in [0.717, 1.165) is 12.3 Å². The molecule has 1 heterocycles. The molecule has 0 aliphatic carbocycles. The smallest absolute Gasteiger partial charge is 0.119 e. The number of hydrogen-bond acceptors (Lipinski definition) is 2. The third-order valence-corrected chi connectivity index (χ3v) is 3.57. The summed E-state index contributed by atoms with van der Waals surface area (Å²) < 4.78 is 5.27. The first-order valence-electron chi connectivity index (χ1n) is 6.24. The maximum absolute atomic E-state index is 5.27. The van der Waals surface area contributed by atoms with Crippen LogP contribution in [0.15, 0.2) is 42.5 Å². The maximum atomic E-state index is 5.27. The third kappa shape index (κ3) is 2.60. The minimum atomic E-state index is 0. The second-order valence-electron chi connectivity index (χ2n) is 4.79. The molecule has 0 saturated carbocycles. The van der Waals surface area contributed by atoms with Crippen molar-refractivity contribution in [2.75, 3.05) is 7.11 Å². The Labute approximate surface area is 120 Å². The van der Waals surface area contributed by atoms with E-state index < -0.39 is 0 Å². The van der Waals surface area contributed by atoms with Crippen molar-refractivity contribution in [2.45, 2.75) is 19.5 Å². The number of benzene rings is 2. The van der Waals surface area contributed by atoms with E-state index in [0.29, 0.717) is 6.04 Å². The average molecular weight is 276 g/mol. The molecule has 0 saturated heterocycles. The van der Waals surface area contributed by atoms with Crippen LogP contribution in [0.5, 0.6) is 5.75 Å². The zero-order valence-corrected chi connectivity index (χ0v) is 12.0. The number of rotatable bonds is 2. The molecule has 100 valence electrons. The maximum Gasteiger partial charge on any atom is 0.119 e. The molecule has 19 heavy (non-hydrogen) atoms. The number of fused-ring (bicyclic) bond motifs is 1. The van der Waals surface area contributed by atoms with Crippen molar-refractivity contribution in [2.24, 2.45) is 0 Å². The zero-order valence-electron chi connectivity index (χ0n) is 11.1. The average Bonchev–Trinajstić information content (AvgIpc) is 2.82. The van der Waals surface area contributed by atoms with Crippen LogP contribution in [0.2, 0.25) is 0 Å². The number of halogens is 1. The topological polar surface area (TPSA) is 21.3 Å². The van der Waals surface area contributed by atoms with Gasteiger partial charge in [-0.05, 0) is 35.7 Å². The van der Waals surface area contributed by atoms with Gasteiger partial charge >= 0.3 is 0 Å². The van der Waals surface area contributed by atoms with Crippen molar-refractivity contribution >= 4 is 12.4 Å². The van der Waals surface area contributed by atoms with Crippen LogP contribution in [-0.2, 0) is 6.54 Å². The van der Waals surface area contributed by atoms with Crippen molar-refractivity contribution in [1.29, 1.82) is 0 Å². The fourth-order valence-corrected chi connectivity index (χ4v) is 2.52. The van der Waals surface area contributed by atoms with Crippen LogP contribution in [0.4, 0.5) is 0 Å². The van der Waals surface area contributed by atoms with Crippen LogP contribution in [0, 0.1) is 6.92 Å². The van der Waals surface area contributed by atoms with Crippen molar-refractivity contribution < 1.29 is 4.74 Å². The van der Waals surface area contributed by atoms with Gasteiger partial charge < -0.3 is 10.1 Å². The molecule has 0 bridgehead atoms. The van der Waals surface area contributed by atoms with Gasteiger partial charge in [-0.25, -0.2) is 0 Å². The molecular formula is C16H18ClNO. The highest BCUT2D eigenvalue weighted by Gasteiger charge is 2.23. The van der Waals surface area contributed by atoms with E-state index >= 15 is 0 Å². The molecule has 2 aromatic rings. The lowest BCUT2D eigenvalue weighted by Gasteiger charge is -2.13. The van der Waals surface area contributed by atoms with Gasteiger partial charge in [-0.2, -0.15) is 0 Å². The van der Waals surface area contributed by atoms with Gasteiger partial charge in [-0.1, -0.05) is 35.9 Å². The molecule has 1 aliphatic rings. The van der Waals surface area contributed by atoms with Crippen molar-refractivity contribution in [3.8, 4) is 5.75 Å². The van der Waals surface area contributed by atoms with Crippen molar-refractivity contribution in [3.05, 3.63) is 64.7 Å². The lowest BCUT2D eigenvalue weighted by atomic mass is 9.98. The fraction of sp³-hybridized carbons (Fsp3) is 0.250. The molecule has 0 spiro atoms. The third-order valence-electron chi connectivity index (χ3n) is 3.57. The van der Waals surface area contributed by atoms with Crippen LogP contribution in [0.1, 0.15) is 28.3 Å². The monoisotopic (exact) mass is 275 g/mol. The summed E-state index contributed by atoms with van der Waals surface area (Å²) in [4.78, 5) is 0. The van der Waals surface area contributed by atoms with Gasteiger partial charge in [0.1, 0.15) is 5.75 Å². The molecule has 3 rings (SSSR count). The SMILES string of the molecule is COc1ccc2c(c1)CNC2c1ccc(C)cc1.Cl. The number of ether oxygens (including phenoxy) is 1. The van der Waals surface area contributed by atoms with E-state index in [4.69, 9.17) is 4.74 Å². The molecule has 0 fully saturated rings. The highest BCUT2D eigenvalue weighted by molar-refractivity contribution is 5.85. The van der Waals surface area contributed by atoms with Gasteiger partial charge in [-0.3, -0.25) is 0 Å².